The highest BCUT2D eigenvalue weighted by Gasteiger charge is 2.35. The first-order chi connectivity index (χ1) is 11.9. The molecule has 0 bridgehead atoms. The predicted octanol–water partition coefficient (Wildman–Crippen LogP) is 1.89. The SMILES string of the molecule is Cc1cccc(C)c1NC(=O)C(=O)NCC1(O)Cc2ccccc2C1. The summed E-state index contributed by atoms with van der Waals surface area (Å²) in [6, 6.07) is 13.5. The summed E-state index contributed by atoms with van der Waals surface area (Å²) < 4.78 is 0. The lowest BCUT2D eigenvalue weighted by atomic mass is 10.0. The van der Waals surface area contributed by atoms with Gasteiger partial charge in [0.25, 0.3) is 0 Å². The molecule has 3 rings (SSSR count). The molecular formula is C20H22N2O3. The van der Waals surface area contributed by atoms with E-state index in [9.17, 15) is 14.7 Å². The summed E-state index contributed by atoms with van der Waals surface area (Å²) >= 11 is 0. The van der Waals surface area contributed by atoms with Crippen molar-refractivity contribution in [3.8, 4) is 0 Å². The molecule has 2 aromatic carbocycles. The Morgan fingerprint density at radius 3 is 2.08 bits per heavy atom. The Hall–Kier alpha value is -2.66. The Kier molecular flexibility index (Phi) is 4.59. The first-order valence-electron chi connectivity index (χ1n) is 8.32. The van der Waals surface area contributed by atoms with E-state index in [1.165, 1.54) is 0 Å². The van der Waals surface area contributed by atoms with Crippen LogP contribution in [0.1, 0.15) is 22.3 Å². The van der Waals surface area contributed by atoms with Gasteiger partial charge in [0.2, 0.25) is 0 Å². The van der Waals surface area contributed by atoms with Gasteiger partial charge in [0.05, 0.1) is 5.60 Å². The number of hydrogen-bond acceptors (Lipinski definition) is 3. The van der Waals surface area contributed by atoms with Crippen molar-refractivity contribution in [3.63, 3.8) is 0 Å². The van der Waals surface area contributed by atoms with Crippen molar-refractivity contribution in [1.82, 2.24) is 5.32 Å². The van der Waals surface area contributed by atoms with Crippen molar-refractivity contribution in [1.29, 1.82) is 0 Å². The number of amides is 2. The van der Waals surface area contributed by atoms with Crippen LogP contribution in [0.5, 0.6) is 0 Å². The molecule has 0 fully saturated rings. The first kappa shape index (κ1) is 17.2. The molecule has 5 nitrogen and oxygen atoms in total. The zero-order valence-corrected chi connectivity index (χ0v) is 14.4. The Balaban J connectivity index is 1.59. The number of hydrogen-bond donors (Lipinski definition) is 3. The van der Waals surface area contributed by atoms with Crippen LogP contribution >= 0.6 is 0 Å². The molecule has 1 aliphatic rings. The summed E-state index contributed by atoms with van der Waals surface area (Å²) in [5.41, 5.74) is 3.56. The quantitative estimate of drug-likeness (QED) is 0.748. The molecule has 0 saturated heterocycles. The third-order valence-electron chi connectivity index (χ3n) is 4.66. The minimum atomic E-state index is -1.04. The molecule has 0 spiro atoms. The third kappa shape index (κ3) is 3.72. The lowest BCUT2D eigenvalue weighted by molar-refractivity contribution is -0.136. The van der Waals surface area contributed by atoms with E-state index in [2.05, 4.69) is 10.6 Å². The van der Waals surface area contributed by atoms with Gasteiger partial charge in [-0.1, -0.05) is 42.5 Å². The molecule has 130 valence electrons. The zero-order chi connectivity index (χ0) is 18.0. The maximum Gasteiger partial charge on any atom is 0.313 e. The third-order valence-corrected chi connectivity index (χ3v) is 4.66. The molecule has 0 aliphatic heterocycles. The summed E-state index contributed by atoms with van der Waals surface area (Å²) in [7, 11) is 0. The molecule has 0 radical (unpaired) electrons. The van der Waals surface area contributed by atoms with Crippen LogP contribution in [0.2, 0.25) is 0 Å². The van der Waals surface area contributed by atoms with Crippen LogP contribution in [0, 0.1) is 13.8 Å². The van der Waals surface area contributed by atoms with Crippen molar-refractivity contribution in [3.05, 3.63) is 64.7 Å². The van der Waals surface area contributed by atoms with Gasteiger partial charge in [-0.2, -0.15) is 0 Å². The van der Waals surface area contributed by atoms with Gasteiger partial charge in [0.15, 0.2) is 0 Å². The van der Waals surface area contributed by atoms with E-state index < -0.39 is 17.4 Å². The largest absolute Gasteiger partial charge is 0.387 e. The zero-order valence-electron chi connectivity index (χ0n) is 14.4. The highest BCUT2D eigenvalue weighted by molar-refractivity contribution is 6.39. The van der Waals surface area contributed by atoms with Gasteiger partial charge in [-0.25, -0.2) is 0 Å². The number of anilines is 1. The van der Waals surface area contributed by atoms with Gasteiger partial charge in [0, 0.05) is 25.1 Å². The molecule has 0 heterocycles. The number of fused-ring (bicyclic) bond motifs is 1. The van der Waals surface area contributed by atoms with Crippen LogP contribution in [0.15, 0.2) is 42.5 Å². The lowest BCUT2D eigenvalue weighted by Crippen LogP contribution is -2.46. The molecule has 0 unspecified atom stereocenters. The van der Waals surface area contributed by atoms with Crippen molar-refractivity contribution in [2.24, 2.45) is 0 Å². The minimum Gasteiger partial charge on any atom is -0.387 e. The number of benzene rings is 2. The van der Waals surface area contributed by atoms with Gasteiger partial charge in [0.1, 0.15) is 0 Å². The van der Waals surface area contributed by atoms with E-state index in [-0.39, 0.29) is 6.54 Å². The Morgan fingerprint density at radius 1 is 0.960 bits per heavy atom. The molecule has 2 aromatic rings. The maximum atomic E-state index is 12.1. The van der Waals surface area contributed by atoms with E-state index in [4.69, 9.17) is 0 Å². The smallest absolute Gasteiger partial charge is 0.313 e. The van der Waals surface area contributed by atoms with Crippen LogP contribution in [-0.2, 0) is 22.4 Å². The van der Waals surface area contributed by atoms with E-state index in [1.54, 1.807) is 0 Å². The van der Waals surface area contributed by atoms with E-state index in [0.717, 1.165) is 22.3 Å². The molecule has 0 aromatic heterocycles. The van der Waals surface area contributed by atoms with Crippen LogP contribution in [0.25, 0.3) is 0 Å². The molecule has 1 aliphatic carbocycles. The normalized spacial score (nSPS) is 14.7. The van der Waals surface area contributed by atoms with E-state index in [0.29, 0.717) is 18.5 Å². The van der Waals surface area contributed by atoms with Gasteiger partial charge in [-0.15, -0.1) is 0 Å². The summed E-state index contributed by atoms with van der Waals surface area (Å²) in [6.07, 6.45) is 0.948. The monoisotopic (exact) mass is 338 g/mol. The maximum absolute atomic E-state index is 12.1. The fourth-order valence-electron chi connectivity index (χ4n) is 3.31. The number of aryl methyl sites for hydroxylation is 2. The average molecular weight is 338 g/mol. The fraction of sp³-hybridized carbons (Fsp3) is 0.300. The van der Waals surface area contributed by atoms with Crippen molar-refractivity contribution in [2.75, 3.05) is 11.9 Å². The van der Waals surface area contributed by atoms with Crippen LogP contribution in [0.3, 0.4) is 0 Å². The van der Waals surface area contributed by atoms with Crippen molar-refractivity contribution in [2.45, 2.75) is 32.3 Å². The summed E-state index contributed by atoms with van der Waals surface area (Å²) in [4.78, 5) is 24.2. The number of carbonyl (C=O) groups excluding carboxylic acids is 2. The molecule has 0 atom stereocenters. The second kappa shape index (κ2) is 6.69. The van der Waals surface area contributed by atoms with Crippen molar-refractivity contribution >= 4 is 17.5 Å². The molecule has 2 amide bonds. The minimum absolute atomic E-state index is 0.0423. The number of aliphatic hydroxyl groups is 1. The first-order valence-corrected chi connectivity index (χ1v) is 8.32. The second-order valence-electron chi connectivity index (χ2n) is 6.75. The predicted molar refractivity (Wildman–Crippen MR) is 96.4 cm³/mol. The summed E-state index contributed by atoms with van der Waals surface area (Å²) in [5, 5.41) is 15.9. The Morgan fingerprint density at radius 2 is 1.52 bits per heavy atom. The Labute approximate surface area is 147 Å². The van der Waals surface area contributed by atoms with Crippen LogP contribution in [0.4, 0.5) is 5.69 Å². The van der Waals surface area contributed by atoms with E-state index in [1.807, 2.05) is 56.3 Å². The molecule has 3 N–H and O–H groups in total. The number of nitrogens with one attached hydrogen (secondary N) is 2. The lowest BCUT2D eigenvalue weighted by Gasteiger charge is -2.22. The fourth-order valence-corrected chi connectivity index (χ4v) is 3.31. The highest BCUT2D eigenvalue weighted by Crippen LogP contribution is 2.29. The highest BCUT2D eigenvalue weighted by atomic mass is 16.3. The van der Waals surface area contributed by atoms with Gasteiger partial charge in [-0.05, 0) is 36.1 Å². The molecule has 25 heavy (non-hydrogen) atoms. The molecule has 0 saturated carbocycles. The average Bonchev–Trinajstić information content (AvgIpc) is 2.92. The standard InChI is InChI=1S/C20H22N2O3/c1-13-6-5-7-14(2)17(13)22-19(24)18(23)21-12-20(25)10-15-8-3-4-9-16(15)11-20/h3-9,25H,10-12H2,1-2H3,(H,21,23)(H,22,24). The number of carbonyl (C=O) groups is 2. The molecule has 5 heteroatoms. The second-order valence-corrected chi connectivity index (χ2v) is 6.75. The van der Waals surface area contributed by atoms with E-state index >= 15 is 0 Å². The van der Waals surface area contributed by atoms with Gasteiger partial charge < -0.3 is 15.7 Å². The van der Waals surface area contributed by atoms with Gasteiger partial charge >= 0.3 is 11.8 Å². The van der Waals surface area contributed by atoms with Crippen LogP contribution in [-0.4, -0.2) is 29.1 Å². The Bertz CT molecular complexity index is 784. The summed E-state index contributed by atoms with van der Waals surface area (Å²) in [6.45, 7) is 3.79. The topological polar surface area (TPSA) is 78.4 Å². The number of rotatable bonds is 3. The number of para-hydroxylation sites is 1. The molecular weight excluding hydrogens is 316 g/mol. The van der Waals surface area contributed by atoms with Gasteiger partial charge in [-0.3, -0.25) is 9.59 Å². The van der Waals surface area contributed by atoms with Crippen LogP contribution < -0.4 is 10.6 Å². The van der Waals surface area contributed by atoms with Crippen molar-refractivity contribution < 1.29 is 14.7 Å². The summed E-state index contributed by atoms with van der Waals surface area (Å²) in [5.74, 6) is -1.47.